The smallest absolute Gasteiger partial charge is 0.227 e. The van der Waals surface area contributed by atoms with E-state index in [0.29, 0.717) is 0 Å². The molecule has 1 heterocycles. The van der Waals surface area contributed by atoms with Gasteiger partial charge in [-0.3, -0.25) is 9.59 Å². The zero-order valence-electron chi connectivity index (χ0n) is 11.8. The zero-order valence-corrected chi connectivity index (χ0v) is 12.6. The highest BCUT2D eigenvalue weighted by atomic mass is 32.1. The minimum absolute atomic E-state index is 0.00282. The zero-order chi connectivity index (χ0) is 14.0. The van der Waals surface area contributed by atoms with Gasteiger partial charge < -0.3 is 5.32 Å². The maximum Gasteiger partial charge on any atom is 0.227 e. The average Bonchev–Trinajstić information content (AvgIpc) is 2.82. The van der Waals surface area contributed by atoms with Crippen molar-refractivity contribution < 1.29 is 9.59 Å². The van der Waals surface area contributed by atoms with E-state index in [2.05, 4.69) is 16.8 Å². The predicted octanol–water partition coefficient (Wildman–Crippen LogP) is 2.90. The molecular weight excluding hydrogens is 258 g/mol. The quantitative estimate of drug-likeness (QED) is 0.924. The maximum absolute atomic E-state index is 12.2. The second-order valence-electron chi connectivity index (χ2n) is 6.13. The van der Waals surface area contributed by atoms with Gasteiger partial charge in [-0.2, -0.15) is 0 Å². The van der Waals surface area contributed by atoms with E-state index >= 15 is 0 Å². The molecule has 0 radical (unpaired) electrons. The third-order valence-electron chi connectivity index (χ3n) is 3.63. The van der Waals surface area contributed by atoms with Crippen LogP contribution in [0.25, 0.3) is 0 Å². The van der Waals surface area contributed by atoms with Crippen molar-refractivity contribution in [1.82, 2.24) is 5.32 Å². The highest BCUT2D eigenvalue weighted by Crippen LogP contribution is 2.34. The molecule has 1 amide bonds. The molecule has 0 aromatic carbocycles. The Morgan fingerprint density at radius 2 is 2.16 bits per heavy atom. The average molecular weight is 279 g/mol. The van der Waals surface area contributed by atoms with Crippen molar-refractivity contribution in [3.8, 4) is 0 Å². The van der Waals surface area contributed by atoms with Crippen molar-refractivity contribution in [3.63, 3.8) is 0 Å². The normalized spacial score (nSPS) is 18.8. The van der Waals surface area contributed by atoms with E-state index in [-0.39, 0.29) is 24.2 Å². The predicted molar refractivity (Wildman–Crippen MR) is 77.5 cm³/mol. The summed E-state index contributed by atoms with van der Waals surface area (Å²) in [6.45, 7) is 5.76. The Hall–Kier alpha value is -1.16. The summed E-state index contributed by atoms with van der Waals surface area (Å²) < 4.78 is 0. The van der Waals surface area contributed by atoms with E-state index in [0.717, 1.165) is 24.8 Å². The van der Waals surface area contributed by atoms with E-state index in [4.69, 9.17) is 0 Å². The van der Waals surface area contributed by atoms with Crippen molar-refractivity contribution in [1.29, 1.82) is 0 Å². The van der Waals surface area contributed by atoms with Crippen LogP contribution in [0.4, 0.5) is 0 Å². The number of Topliss-reactive ketones (excluding diaryl/α,β-unsaturated/α-hetero) is 1. The lowest BCUT2D eigenvalue weighted by Crippen LogP contribution is -2.38. The minimum atomic E-state index is -0.395. The number of ketones is 1. The SMILES string of the molecule is CC(C)(C)C(=O)CNC(=O)C1CCCc2sccc21. The molecule has 4 heteroatoms. The Morgan fingerprint density at radius 1 is 1.42 bits per heavy atom. The van der Waals surface area contributed by atoms with Crippen LogP contribution in [-0.4, -0.2) is 18.2 Å². The van der Waals surface area contributed by atoms with Gasteiger partial charge in [0.2, 0.25) is 5.91 Å². The van der Waals surface area contributed by atoms with Gasteiger partial charge in [0.15, 0.2) is 5.78 Å². The van der Waals surface area contributed by atoms with Gasteiger partial charge in [-0.25, -0.2) is 0 Å². The summed E-state index contributed by atoms with van der Waals surface area (Å²) in [5, 5.41) is 4.86. The highest BCUT2D eigenvalue weighted by Gasteiger charge is 2.28. The molecule has 0 aliphatic heterocycles. The molecule has 0 spiro atoms. The van der Waals surface area contributed by atoms with Gasteiger partial charge in [-0.15, -0.1) is 11.3 Å². The fourth-order valence-corrected chi connectivity index (χ4v) is 3.30. The van der Waals surface area contributed by atoms with Crippen molar-refractivity contribution in [3.05, 3.63) is 21.9 Å². The van der Waals surface area contributed by atoms with Gasteiger partial charge in [-0.1, -0.05) is 20.8 Å². The number of amides is 1. The molecule has 104 valence electrons. The first-order valence-corrected chi connectivity index (χ1v) is 7.65. The summed E-state index contributed by atoms with van der Waals surface area (Å²) in [6, 6.07) is 2.05. The van der Waals surface area contributed by atoms with Gasteiger partial charge >= 0.3 is 0 Å². The summed E-state index contributed by atoms with van der Waals surface area (Å²) in [7, 11) is 0. The lowest BCUT2D eigenvalue weighted by atomic mass is 9.86. The number of hydrogen-bond acceptors (Lipinski definition) is 3. The first kappa shape index (κ1) is 14.3. The molecule has 0 saturated carbocycles. The van der Waals surface area contributed by atoms with Crippen LogP contribution >= 0.6 is 11.3 Å². The summed E-state index contributed by atoms with van der Waals surface area (Å²) in [5.41, 5.74) is 0.768. The van der Waals surface area contributed by atoms with Crippen LogP contribution in [-0.2, 0) is 16.0 Å². The van der Waals surface area contributed by atoms with Crippen molar-refractivity contribution in [2.24, 2.45) is 5.41 Å². The van der Waals surface area contributed by atoms with Crippen LogP contribution in [0.15, 0.2) is 11.4 Å². The van der Waals surface area contributed by atoms with E-state index in [1.807, 2.05) is 20.8 Å². The summed E-state index contributed by atoms with van der Waals surface area (Å²) in [6.07, 6.45) is 3.02. The Labute approximate surface area is 118 Å². The Kier molecular flexibility index (Phi) is 4.09. The summed E-state index contributed by atoms with van der Waals surface area (Å²) >= 11 is 1.73. The van der Waals surface area contributed by atoms with Crippen LogP contribution < -0.4 is 5.32 Å². The molecule has 2 rings (SSSR count). The van der Waals surface area contributed by atoms with Crippen molar-refractivity contribution in [2.75, 3.05) is 6.54 Å². The van der Waals surface area contributed by atoms with Gasteiger partial charge in [0.1, 0.15) is 0 Å². The van der Waals surface area contributed by atoms with Crippen LogP contribution in [0, 0.1) is 5.41 Å². The van der Waals surface area contributed by atoms with Crippen molar-refractivity contribution in [2.45, 2.75) is 46.0 Å². The molecule has 1 N–H and O–H groups in total. The topological polar surface area (TPSA) is 46.2 Å². The second-order valence-corrected chi connectivity index (χ2v) is 7.14. The molecule has 0 fully saturated rings. The van der Waals surface area contributed by atoms with Gasteiger partial charge in [0.05, 0.1) is 12.5 Å². The highest BCUT2D eigenvalue weighted by molar-refractivity contribution is 7.10. The lowest BCUT2D eigenvalue weighted by Gasteiger charge is -2.23. The minimum Gasteiger partial charge on any atom is -0.348 e. The molecule has 1 aromatic heterocycles. The molecule has 1 aromatic rings. The molecule has 1 aliphatic rings. The van der Waals surface area contributed by atoms with Crippen LogP contribution in [0.5, 0.6) is 0 Å². The molecule has 1 unspecified atom stereocenters. The molecule has 3 nitrogen and oxygen atoms in total. The van der Waals surface area contributed by atoms with Crippen molar-refractivity contribution >= 4 is 23.0 Å². The second kappa shape index (κ2) is 5.45. The first-order valence-electron chi connectivity index (χ1n) is 6.77. The largest absolute Gasteiger partial charge is 0.348 e. The molecule has 19 heavy (non-hydrogen) atoms. The van der Waals surface area contributed by atoms with Gasteiger partial charge in [0, 0.05) is 10.3 Å². The summed E-state index contributed by atoms with van der Waals surface area (Å²) in [4.78, 5) is 25.4. The fraction of sp³-hybridized carbons (Fsp3) is 0.600. The van der Waals surface area contributed by atoms with E-state index in [1.165, 1.54) is 4.88 Å². The standard InChI is InChI=1S/C15H21NO2S/c1-15(2,3)13(17)9-16-14(18)11-5-4-6-12-10(11)7-8-19-12/h7-8,11H,4-6,9H2,1-3H3,(H,16,18). The van der Waals surface area contributed by atoms with Gasteiger partial charge in [-0.05, 0) is 36.3 Å². The van der Waals surface area contributed by atoms with Crippen LogP contribution in [0.3, 0.4) is 0 Å². The molecule has 0 bridgehead atoms. The lowest BCUT2D eigenvalue weighted by molar-refractivity contribution is -0.129. The molecule has 0 saturated heterocycles. The Balaban J connectivity index is 1.97. The number of carbonyl (C=O) groups excluding carboxylic acids is 2. The Morgan fingerprint density at radius 3 is 2.84 bits per heavy atom. The number of aryl methyl sites for hydroxylation is 1. The van der Waals surface area contributed by atoms with Crippen LogP contribution in [0.1, 0.15) is 50.0 Å². The number of hydrogen-bond donors (Lipinski definition) is 1. The number of carbonyl (C=O) groups is 2. The monoisotopic (exact) mass is 279 g/mol. The van der Waals surface area contributed by atoms with E-state index < -0.39 is 5.41 Å². The maximum atomic E-state index is 12.2. The summed E-state index contributed by atoms with van der Waals surface area (Å²) in [5.74, 6) is 0.00178. The molecule has 1 aliphatic carbocycles. The number of fused-ring (bicyclic) bond motifs is 1. The number of nitrogens with one attached hydrogen (secondary N) is 1. The number of thiophene rings is 1. The Bertz CT molecular complexity index is 485. The molecular formula is C15H21NO2S. The molecule has 1 atom stereocenters. The fourth-order valence-electron chi connectivity index (χ4n) is 2.31. The number of rotatable bonds is 3. The van der Waals surface area contributed by atoms with E-state index in [9.17, 15) is 9.59 Å². The van der Waals surface area contributed by atoms with Gasteiger partial charge in [0.25, 0.3) is 0 Å². The first-order chi connectivity index (χ1) is 8.89. The van der Waals surface area contributed by atoms with Crippen LogP contribution in [0.2, 0.25) is 0 Å². The third kappa shape index (κ3) is 3.24. The third-order valence-corrected chi connectivity index (χ3v) is 4.62. The van der Waals surface area contributed by atoms with E-state index in [1.54, 1.807) is 11.3 Å².